The zero-order chi connectivity index (χ0) is 33.2. The molecule has 1 aliphatic rings. The van der Waals surface area contributed by atoms with E-state index in [0.717, 1.165) is 34.5 Å². The fourth-order valence-corrected chi connectivity index (χ4v) is 4.94. The van der Waals surface area contributed by atoms with E-state index in [2.05, 4.69) is 14.8 Å². The Kier molecular flexibility index (Phi) is 9.44. The molecule has 3 atom stereocenters. The molecular formula is C28H28F2N3O12P. The SMILES string of the molecule is COc1cc(C)c2oc(COc3ccc(COC(=O)Nc4ccn([C@@H]5O[C@H](COP(=O)(O)O)[C@@H](O)C5(F)F)c(=O)n4)cc3)cc2c1. The lowest BCUT2D eigenvalue weighted by Crippen LogP contribution is -2.42. The first-order valence-corrected chi connectivity index (χ1v) is 15.0. The zero-order valence-electron chi connectivity index (χ0n) is 24.2. The Bertz CT molecular complexity index is 1820. The Morgan fingerprint density at radius 1 is 1.13 bits per heavy atom. The number of anilines is 1. The minimum Gasteiger partial charge on any atom is -0.497 e. The van der Waals surface area contributed by atoms with Crippen LogP contribution >= 0.6 is 7.82 Å². The van der Waals surface area contributed by atoms with Gasteiger partial charge in [-0.05, 0) is 54.4 Å². The first-order valence-electron chi connectivity index (χ1n) is 13.5. The third-order valence-electron chi connectivity index (χ3n) is 6.84. The number of furan rings is 1. The number of phosphoric ester groups is 1. The van der Waals surface area contributed by atoms with Crippen molar-refractivity contribution >= 4 is 30.7 Å². The highest BCUT2D eigenvalue weighted by atomic mass is 31.2. The van der Waals surface area contributed by atoms with Gasteiger partial charge in [0.05, 0.1) is 13.7 Å². The number of aliphatic hydroxyl groups excluding tert-OH is 1. The van der Waals surface area contributed by atoms with E-state index in [1.54, 1.807) is 31.4 Å². The Labute approximate surface area is 258 Å². The third kappa shape index (κ3) is 7.52. The number of carbonyl (C=O) groups excluding carboxylic acids is 1. The van der Waals surface area contributed by atoms with Gasteiger partial charge >= 0.3 is 25.5 Å². The molecule has 4 aromatic rings. The number of aliphatic hydroxyl groups is 1. The van der Waals surface area contributed by atoms with Gasteiger partial charge in [-0.2, -0.15) is 13.8 Å². The zero-order valence-corrected chi connectivity index (χ0v) is 25.1. The van der Waals surface area contributed by atoms with Gasteiger partial charge in [-0.25, -0.2) is 14.2 Å². The van der Waals surface area contributed by atoms with E-state index in [1.807, 2.05) is 25.1 Å². The molecule has 15 nitrogen and oxygen atoms in total. The average molecular weight is 668 g/mol. The maximum Gasteiger partial charge on any atom is 0.469 e. The normalized spacial score (nSPS) is 19.2. The molecule has 0 saturated carbocycles. The molecule has 246 valence electrons. The van der Waals surface area contributed by atoms with Crippen LogP contribution in [0, 0.1) is 6.92 Å². The van der Waals surface area contributed by atoms with Crippen molar-refractivity contribution in [2.45, 2.75) is 44.5 Å². The second-order valence-electron chi connectivity index (χ2n) is 10.1. The molecule has 18 heteroatoms. The first-order chi connectivity index (χ1) is 21.7. The maximum absolute atomic E-state index is 14.6. The van der Waals surface area contributed by atoms with E-state index in [9.17, 15) is 28.0 Å². The Hall–Kier alpha value is -4.38. The van der Waals surface area contributed by atoms with E-state index in [0.29, 0.717) is 21.6 Å². The Balaban J connectivity index is 1.12. The molecule has 0 spiro atoms. The third-order valence-corrected chi connectivity index (χ3v) is 7.32. The minimum absolute atomic E-state index is 0.161. The molecule has 2 aromatic carbocycles. The lowest BCUT2D eigenvalue weighted by molar-refractivity contribution is -0.140. The van der Waals surface area contributed by atoms with Gasteiger partial charge in [0, 0.05) is 11.6 Å². The highest BCUT2D eigenvalue weighted by Crippen LogP contribution is 2.44. The molecule has 3 heterocycles. The van der Waals surface area contributed by atoms with E-state index in [1.165, 1.54) is 0 Å². The Morgan fingerprint density at radius 2 is 1.87 bits per heavy atom. The fourth-order valence-electron chi connectivity index (χ4n) is 4.60. The molecule has 46 heavy (non-hydrogen) atoms. The number of hydrogen-bond donors (Lipinski definition) is 4. The van der Waals surface area contributed by atoms with Crippen LogP contribution < -0.4 is 20.5 Å². The van der Waals surface area contributed by atoms with E-state index < -0.39 is 50.6 Å². The highest BCUT2D eigenvalue weighted by Gasteiger charge is 2.60. The number of aryl methyl sites for hydroxylation is 1. The smallest absolute Gasteiger partial charge is 0.469 e. The summed E-state index contributed by atoms with van der Waals surface area (Å²) in [6.07, 6.45) is -6.93. The number of amides is 1. The second-order valence-corrected chi connectivity index (χ2v) is 11.4. The molecule has 1 saturated heterocycles. The van der Waals surface area contributed by atoms with Crippen LogP contribution in [0.1, 0.15) is 23.1 Å². The number of aromatic nitrogens is 2. The van der Waals surface area contributed by atoms with Crippen LogP contribution in [0.25, 0.3) is 11.0 Å². The van der Waals surface area contributed by atoms with Crippen LogP contribution in [0.15, 0.2) is 63.9 Å². The van der Waals surface area contributed by atoms with Gasteiger partial charge in [-0.15, -0.1) is 0 Å². The number of alkyl halides is 2. The molecule has 1 fully saturated rings. The van der Waals surface area contributed by atoms with Crippen LogP contribution in [-0.2, 0) is 31.8 Å². The lowest BCUT2D eigenvalue weighted by atomic mass is 10.1. The molecule has 1 aliphatic heterocycles. The number of nitrogens with one attached hydrogen (secondary N) is 1. The summed E-state index contributed by atoms with van der Waals surface area (Å²) in [5, 5.41) is 13.0. The van der Waals surface area contributed by atoms with Gasteiger partial charge in [0.2, 0.25) is 6.23 Å². The summed E-state index contributed by atoms with van der Waals surface area (Å²) in [6.45, 7) is 0.868. The largest absolute Gasteiger partial charge is 0.497 e. The van der Waals surface area contributed by atoms with Crippen molar-refractivity contribution in [3.05, 3.63) is 82.1 Å². The fraction of sp³-hybridized carbons (Fsp3) is 0.321. The number of rotatable bonds is 11. The summed E-state index contributed by atoms with van der Waals surface area (Å²) in [5.41, 5.74) is 1.00. The quantitative estimate of drug-likeness (QED) is 0.169. The number of halogens is 2. The van der Waals surface area contributed by atoms with E-state index in [4.69, 9.17) is 33.2 Å². The number of ether oxygens (including phenoxy) is 4. The molecule has 4 N–H and O–H groups in total. The van der Waals surface area contributed by atoms with Gasteiger partial charge in [-0.3, -0.25) is 14.4 Å². The Morgan fingerprint density at radius 3 is 2.54 bits per heavy atom. The number of fused-ring (bicyclic) bond motifs is 1. The number of methoxy groups -OCH3 is 1. The van der Waals surface area contributed by atoms with Crippen LogP contribution in [-0.4, -0.2) is 62.4 Å². The molecule has 2 aromatic heterocycles. The summed E-state index contributed by atoms with van der Waals surface area (Å²) in [6, 6.07) is 13.3. The van der Waals surface area contributed by atoms with Crippen molar-refractivity contribution < 1.29 is 60.9 Å². The summed E-state index contributed by atoms with van der Waals surface area (Å²) in [5.74, 6) is -2.49. The van der Waals surface area contributed by atoms with Gasteiger partial charge in [0.15, 0.2) is 6.10 Å². The van der Waals surface area contributed by atoms with Gasteiger partial charge in [-0.1, -0.05) is 12.1 Å². The van der Waals surface area contributed by atoms with Crippen molar-refractivity contribution in [1.82, 2.24) is 9.55 Å². The number of carbonyl (C=O) groups is 1. The monoisotopic (exact) mass is 667 g/mol. The predicted molar refractivity (Wildman–Crippen MR) is 153 cm³/mol. The molecule has 0 bridgehead atoms. The van der Waals surface area contributed by atoms with Crippen molar-refractivity contribution in [2.24, 2.45) is 0 Å². The molecule has 1 amide bonds. The second kappa shape index (κ2) is 13.2. The van der Waals surface area contributed by atoms with Gasteiger partial charge < -0.3 is 38.3 Å². The molecule has 0 aliphatic carbocycles. The maximum atomic E-state index is 14.6. The van der Waals surface area contributed by atoms with Crippen LogP contribution in [0.5, 0.6) is 11.5 Å². The molecule has 0 radical (unpaired) electrons. The van der Waals surface area contributed by atoms with Gasteiger partial charge in [0.25, 0.3) is 0 Å². The summed E-state index contributed by atoms with van der Waals surface area (Å²) < 4.78 is 71.6. The number of nitrogens with zero attached hydrogens (tertiary/aromatic N) is 2. The molecule has 5 rings (SSSR count). The van der Waals surface area contributed by atoms with Crippen molar-refractivity contribution in [3.8, 4) is 11.5 Å². The molecular weight excluding hydrogens is 639 g/mol. The summed E-state index contributed by atoms with van der Waals surface area (Å²) in [7, 11) is -3.44. The number of hydrogen-bond acceptors (Lipinski definition) is 11. The molecule has 0 unspecified atom stereocenters. The lowest BCUT2D eigenvalue weighted by Gasteiger charge is -2.21. The van der Waals surface area contributed by atoms with Crippen LogP contribution in [0.2, 0.25) is 0 Å². The van der Waals surface area contributed by atoms with Crippen molar-refractivity contribution in [1.29, 1.82) is 0 Å². The highest BCUT2D eigenvalue weighted by molar-refractivity contribution is 7.46. The van der Waals surface area contributed by atoms with E-state index >= 15 is 0 Å². The van der Waals surface area contributed by atoms with Crippen LogP contribution in [0.4, 0.5) is 19.4 Å². The topological polar surface area (TPSA) is 201 Å². The van der Waals surface area contributed by atoms with Crippen molar-refractivity contribution in [3.63, 3.8) is 0 Å². The number of phosphoric acid groups is 1. The van der Waals surface area contributed by atoms with Gasteiger partial charge in [0.1, 0.15) is 48.0 Å². The van der Waals surface area contributed by atoms with E-state index in [-0.39, 0.29) is 19.0 Å². The summed E-state index contributed by atoms with van der Waals surface area (Å²) >= 11 is 0. The summed E-state index contributed by atoms with van der Waals surface area (Å²) in [4.78, 5) is 45.8. The van der Waals surface area contributed by atoms with Crippen LogP contribution in [0.3, 0.4) is 0 Å². The minimum atomic E-state index is -5.04. The van der Waals surface area contributed by atoms with Crippen molar-refractivity contribution in [2.75, 3.05) is 19.0 Å². The predicted octanol–water partition coefficient (Wildman–Crippen LogP) is 3.64. The number of benzene rings is 2. The first kappa shape index (κ1) is 33.0. The standard InChI is InChI=1S/C28H28F2N3O12P/c1-15-9-19(40-2)10-17-11-20(44-23(15)17)13-41-18-5-3-16(4-6-18)12-42-27(36)32-22-7-8-33(26(35)31-22)25-28(29,30)24(34)21(45-25)14-43-46(37,38)39/h3-11,21,24-25,34H,12-14H2,1-2H3,(H2,37,38,39)(H,31,32,35,36)/t21-,24-,25-/m1/s1. The average Bonchev–Trinajstić information content (AvgIpc) is 3.52.